The number of nitrogens with one attached hydrogen (secondary N) is 1. The van der Waals surface area contributed by atoms with Crippen molar-refractivity contribution in [2.45, 2.75) is 72.3 Å². The Kier molecular flexibility index (Phi) is 7.08. The molecular formula is C14H31NO3Si. The maximum Gasteiger partial charge on any atom is 0.407 e. The van der Waals surface area contributed by atoms with Gasteiger partial charge in [-0.05, 0) is 52.8 Å². The molecule has 0 heterocycles. The quantitative estimate of drug-likeness (QED) is 0.757. The van der Waals surface area contributed by atoms with E-state index in [2.05, 4.69) is 38.8 Å². The molecule has 19 heavy (non-hydrogen) atoms. The monoisotopic (exact) mass is 289 g/mol. The van der Waals surface area contributed by atoms with Gasteiger partial charge >= 0.3 is 6.09 Å². The number of alkyl carbamates (subject to hydrolysis) is 1. The van der Waals surface area contributed by atoms with E-state index in [1.807, 2.05) is 20.8 Å². The average Bonchev–Trinajstić information content (AvgIpc) is 2.08. The summed E-state index contributed by atoms with van der Waals surface area (Å²) in [4.78, 5) is 11.8. The minimum absolute atomic E-state index is 0.0153. The fourth-order valence-corrected chi connectivity index (χ4v) is 2.26. The first-order valence-electron chi connectivity index (χ1n) is 7.02. The van der Waals surface area contributed by atoms with Gasteiger partial charge in [0.15, 0.2) is 8.32 Å². The molecule has 0 spiro atoms. The normalized spacial score (nSPS) is 14.4. The van der Waals surface area contributed by atoms with Gasteiger partial charge in [-0.15, -0.1) is 0 Å². The van der Waals surface area contributed by atoms with Crippen LogP contribution in [0.2, 0.25) is 19.6 Å². The van der Waals surface area contributed by atoms with E-state index in [9.17, 15) is 4.79 Å². The Hall–Kier alpha value is -0.553. The van der Waals surface area contributed by atoms with Crippen LogP contribution in [0.4, 0.5) is 4.79 Å². The Morgan fingerprint density at radius 3 is 2.11 bits per heavy atom. The van der Waals surface area contributed by atoms with Crippen molar-refractivity contribution in [2.24, 2.45) is 5.92 Å². The van der Waals surface area contributed by atoms with Crippen molar-refractivity contribution in [1.82, 2.24) is 5.32 Å². The molecule has 0 saturated carbocycles. The first kappa shape index (κ1) is 18.4. The molecule has 0 radical (unpaired) electrons. The van der Waals surface area contributed by atoms with Crippen molar-refractivity contribution in [1.29, 1.82) is 0 Å². The van der Waals surface area contributed by atoms with Crippen molar-refractivity contribution in [3.63, 3.8) is 0 Å². The van der Waals surface area contributed by atoms with Crippen molar-refractivity contribution in [3.8, 4) is 0 Å². The van der Waals surface area contributed by atoms with Crippen molar-refractivity contribution >= 4 is 14.4 Å². The van der Waals surface area contributed by atoms with E-state index in [4.69, 9.17) is 9.16 Å². The average molecular weight is 289 g/mol. The van der Waals surface area contributed by atoms with E-state index >= 15 is 0 Å². The molecule has 1 N–H and O–H groups in total. The summed E-state index contributed by atoms with van der Waals surface area (Å²) in [5.41, 5.74) is -0.466. The zero-order valence-electron chi connectivity index (χ0n) is 13.8. The third kappa shape index (κ3) is 12.2. The lowest BCUT2D eigenvalue weighted by molar-refractivity contribution is 0.0478. The second-order valence-electron chi connectivity index (χ2n) is 7.40. The molecule has 0 bridgehead atoms. The summed E-state index contributed by atoms with van der Waals surface area (Å²) in [6.07, 6.45) is 0.529. The summed E-state index contributed by atoms with van der Waals surface area (Å²) < 4.78 is 11.2. The zero-order chi connectivity index (χ0) is 15.3. The standard InChI is InChI=1S/C14H31NO3Si/c1-11(2)9-12(10-17-19(6,7)8)15-13(16)18-14(3,4)5/h11-12H,9-10H2,1-8H3,(H,15,16)/t12-/m0/s1. The lowest BCUT2D eigenvalue weighted by Crippen LogP contribution is -2.44. The maximum absolute atomic E-state index is 11.8. The Balaban J connectivity index is 4.38. The lowest BCUT2D eigenvalue weighted by atomic mass is 10.0. The fourth-order valence-electron chi connectivity index (χ4n) is 1.56. The van der Waals surface area contributed by atoms with Gasteiger partial charge in [0.1, 0.15) is 5.60 Å². The van der Waals surface area contributed by atoms with Gasteiger partial charge in [0.2, 0.25) is 0 Å². The fraction of sp³-hybridized carbons (Fsp3) is 0.929. The van der Waals surface area contributed by atoms with E-state index < -0.39 is 13.9 Å². The molecule has 0 aromatic rings. The summed E-state index contributed by atoms with van der Waals surface area (Å²) >= 11 is 0. The summed E-state index contributed by atoms with van der Waals surface area (Å²) in [5, 5.41) is 2.91. The second kappa shape index (κ2) is 7.29. The van der Waals surface area contributed by atoms with Gasteiger partial charge in [-0.2, -0.15) is 0 Å². The van der Waals surface area contributed by atoms with Crippen LogP contribution in [-0.2, 0) is 9.16 Å². The van der Waals surface area contributed by atoms with Crippen LogP contribution in [-0.4, -0.2) is 32.7 Å². The van der Waals surface area contributed by atoms with E-state index in [1.54, 1.807) is 0 Å². The molecule has 0 aromatic carbocycles. The molecular weight excluding hydrogens is 258 g/mol. The molecule has 0 fully saturated rings. The number of ether oxygens (including phenoxy) is 1. The first-order chi connectivity index (χ1) is 8.39. The largest absolute Gasteiger partial charge is 0.444 e. The molecule has 4 nitrogen and oxygen atoms in total. The summed E-state index contributed by atoms with van der Waals surface area (Å²) in [7, 11) is -1.56. The van der Waals surface area contributed by atoms with E-state index in [0.29, 0.717) is 12.5 Å². The van der Waals surface area contributed by atoms with Crippen LogP contribution in [0.25, 0.3) is 0 Å². The Morgan fingerprint density at radius 1 is 1.21 bits per heavy atom. The number of hydrogen-bond acceptors (Lipinski definition) is 3. The third-order valence-corrected chi connectivity index (χ3v) is 3.23. The highest BCUT2D eigenvalue weighted by Gasteiger charge is 2.22. The van der Waals surface area contributed by atoms with Gasteiger partial charge in [0.05, 0.1) is 12.6 Å². The van der Waals surface area contributed by atoms with Crippen LogP contribution in [0.1, 0.15) is 41.0 Å². The SMILES string of the molecule is CC(C)C[C@@H](CO[Si](C)(C)C)NC(=O)OC(C)(C)C. The summed E-state index contributed by atoms with van der Waals surface area (Å²) in [5.74, 6) is 0.505. The molecule has 0 aromatic heterocycles. The molecule has 0 aliphatic heterocycles. The number of rotatable bonds is 6. The summed E-state index contributed by atoms with van der Waals surface area (Å²) in [6, 6.07) is 0.0153. The van der Waals surface area contributed by atoms with Crippen LogP contribution < -0.4 is 5.32 Å². The van der Waals surface area contributed by atoms with E-state index in [1.165, 1.54) is 0 Å². The smallest absolute Gasteiger partial charge is 0.407 e. The second-order valence-corrected chi connectivity index (χ2v) is 11.9. The molecule has 1 amide bonds. The van der Waals surface area contributed by atoms with Crippen molar-refractivity contribution in [2.75, 3.05) is 6.61 Å². The highest BCUT2D eigenvalue weighted by Crippen LogP contribution is 2.11. The van der Waals surface area contributed by atoms with Gasteiger partial charge < -0.3 is 14.5 Å². The van der Waals surface area contributed by atoms with E-state index in [0.717, 1.165) is 6.42 Å². The van der Waals surface area contributed by atoms with Gasteiger partial charge in [-0.3, -0.25) is 0 Å². The van der Waals surface area contributed by atoms with Crippen molar-refractivity contribution in [3.05, 3.63) is 0 Å². The first-order valence-corrected chi connectivity index (χ1v) is 10.4. The predicted octanol–water partition coefficient (Wildman–Crippen LogP) is 3.78. The third-order valence-electron chi connectivity index (χ3n) is 2.19. The van der Waals surface area contributed by atoms with Gasteiger partial charge in [-0.1, -0.05) is 13.8 Å². The highest BCUT2D eigenvalue weighted by molar-refractivity contribution is 6.69. The van der Waals surface area contributed by atoms with E-state index in [-0.39, 0.29) is 12.1 Å². The predicted molar refractivity (Wildman–Crippen MR) is 81.9 cm³/mol. The number of amides is 1. The Bertz CT molecular complexity index is 279. The van der Waals surface area contributed by atoms with Gasteiger partial charge in [0, 0.05) is 0 Å². The Labute approximate surface area is 119 Å². The molecule has 0 rings (SSSR count). The van der Waals surface area contributed by atoms with Crippen molar-refractivity contribution < 1.29 is 14.0 Å². The van der Waals surface area contributed by atoms with Crippen LogP contribution in [0.15, 0.2) is 0 Å². The molecule has 114 valence electrons. The Morgan fingerprint density at radius 2 is 1.74 bits per heavy atom. The number of carbonyl (C=O) groups excluding carboxylic acids is 1. The molecule has 0 aliphatic carbocycles. The van der Waals surface area contributed by atoms with Crippen LogP contribution >= 0.6 is 0 Å². The number of hydrogen-bond donors (Lipinski definition) is 1. The van der Waals surface area contributed by atoms with Gasteiger partial charge in [-0.25, -0.2) is 4.79 Å². The molecule has 0 unspecified atom stereocenters. The maximum atomic E-state index is 11.8. The number of carbonyl (C=O) groups is 1. The minimum atomic E-state index is -1.56. The molecule has 1 atom stereocenters. The summed E-state index contributed by atoms with van der Waals surface area (Å²) in [6.45, 7) is 16.9. The minimum Gasteiger partial charge on any atom is -0.444 e. The van der Waals surface area contributed by atoms with Crippen LogP contribution in [0, 0.1) is 5.92 Å². The molecule has 0 aliphatic rings. The molecule has 0 saturated heterocycles. The highest BCUT2D eigenvalue weighted by atomic mass is 28.4. The van der Waals surface area contributed by atoms with Gasteiger partial charge in [0.25, 0.3) is 0 Å². The van der Waals surface area contributed by atoms with Crippen LogP contribution in [0.3, 0.4) is 0 Å². The topological polar surface area (TPSA) is 47.6 Å². The molecule has 5 heteroatoms. The zero-order valence-corrected chi connectivity index (χ0v) is 14.8. The van der Waals surface area contributed by atoms with Crippen LogP contribution in [0.5, 0.6) is 0 Å². The lowest BCUT2D eigenvalue weighted by Gasteiger charge is -2.27.